The van der Waals surface area contributed by atoms with Crippen molar-refractivity contribution in [1.29, 1.82) is 0 Å². The Kier molecular flexibility index (Phi) is 8.42. The van der Waals surface area contributed by atoms with E-state index in [2.05, 4.69) is 95.4 Å². The van der Waals surface area contributed by atoms with E-state index in [0.29, 0.717) is 0 Å². The highest BCUT2D eigenvalue weighted by atomic mass is 28.4. The lowest BCUT2D eigenvalue weighted by molar-refractivity contribution is -0.313. The minimum absolute atomic E-state index is 0.127. The Morgan fingerprint density at radius 1 is 0.500 bits per heavy atom. The third-order valence-electron chi connectivity index (χ3n) is 5.89. The summed E-state index contributed by atoms with van der Waals surface area (Å²) in [7, 11) is -3.85. The minimum atomic E-state index is -1.92. The third kappa shape index (κ3) is 8.52. The molecule has 0 aliphatic heterocycles. The molecule has 6 heteroatoms. The molecule has 0 atom stereocenters. The lowest BCUT2D eigenvalue weighted by Crippen LogP contribution is -2.45. The van der Waals surface area contributed by atoms with E-state index in [9.17, 15) is 0 Å². The van der Waals surface area contributed by atoms with Gasteiger partial charge in [-0.05, 0) is 76.8 Å². The van der Waals surface area contributed by atoms with Crippen LogP contribution in [0.4, 0.5) is 0 Å². The summed E-state index contributed by atoms with van der Waals surface area (Å²) in [5.41, 5.74) is -0.736. The molecule has 0 saturated heterocycles. The van der Waals surface area contributed by atoms with Crippen LogP contribution in [0.2, 0.25) is 36.3 Å². The van der Waals surface area contributed by atoms with Crippen LogP contribution >= 0.6 is 0 Å². The highest BCUT2D eigenvalue weighted by Gasteiger charge is 2.42. The Labute approximate surface area is 165 Å². The third-order valence-corrected chi connectivity index (χ3v) is 14.1. The van der Waals surface area contributed by atoms with Crippen molar-refractivity contribution < 1.29 is 18.9 Å². The molecule has 26 heavy (non-hydrogen) atoms. The fourth-order valence-electron chi connectivity index (χ4n) is 1.37. The molecular formula is C20H46O4Si2. The normalized spacial score (nSPS) is 15.5. The lowest BCUT2D eigenvalue weighted by Gasteiger charge is -2.39. The Morgan fingerprint density at radius 3 is 0.923 bits per heavy atom. The van der Waals surface area contributed by atoms with Crippen LogP contribution in [0.5, 0.6) is 0 Å². The highest BCUT2D eigenvalue weighted by Crippen LogP contribution is 2.39. The molecule has 0 aliphatic carbocycles. The molecule has 0 radical (unpaired) electrons. The quantitative estimate of drug-likeness (QED) is 0.230. The maximum Gasteiger partial charge on any atom is 0.238 e. The second-order valence-electron chi connectivity index (χ2n) is 11.9. The highest BCUT2D eigenvalue weighted by molar-refractivity contribution is 6.74. The van der Waals surface area contributed by atoms with Gasteiger partial charge in [0.15, 0.2) is 0 Å². The Morgan fingerprint density at radius 2 is 0.731 bits per heavy atom. The first-order valence-electron chi connectivity index (χ1n) is 9.86. The monoisotopic (exact) mass is 406 g/mol. The van der Waals surface area contributed by atoms with Gasteiger partial charge in [-0.3, -0.25) is 9.15 Å². The molecule has 0 aromatic rings. The summed E-state index contributed by atoms with van der Waals surface area (Å²) in [6, 6.07) is 0. The van der Waals surface area contributed by atoms with Crippen LogP contribution in [-0.2, 0) is 18.9 Å². The molecule has 0 aromatic heterocycles. The molecule has 0 rings (SSSR count). The molecule has 0 N–H and O–H groups in total. The Balaban J connectivity index is 4.65. The zero-order chi connectivity index (χ0) is 21.2. The van der Waals surface area contributed by atoms with Gasteiger partial charge in [0.2, 0.25) is 16.6 Å². The van der Waals surface area contributed by atoms with Crippen LogP contribution in [0.3, 0.4) is 0 Å². The summed E-state index contributed by atoms with van der Waals surface area (Å²) in [6.07, 6.45) is 1.66. The largest absolute Gasteiger partial charge is 0.286 e. The van der Waals surface area contributed by atoms with Gasteiger partial charge < -0.3 is 0 Å². The second-order valence-corrected chi connectivity index (χ2v) is 21.2. The van der Waals surface area contributed by atoms with E-state index in [4.69, 9.17) is 18.9 Å². The van der Waals surface area contributed by atoms with E-state index in [-0.39, 0.29) is 21.3 Å². The smallest absolute Gasteiger partial charge is 0.238 e. The average Bonchev–Trinajstić information content (AvgIpc) is 2.39. The van der Waals surface area contributed by atoms with Crippen LogP contribution in [-0.4, -0.2) is 27.8 Å². The summed E-state index contributed by atoms with van der Waals surface area (Å²) in [4.78, 5) is 11.8. The molecule has 0 spiro atoms. The van der Waals surface area contributed by atoms with Gasteiger partial charge in [-0.1, -0.05) is 41.5 Å². The van der Waals surface area contributed by atoms with Crippen molar-refractivity contribution in [1.82, 2.24) is 0 Å². The summed E-state index contributed by atoms with van der Waals surface area (Å²) in [5.74, 6) is 0. The van der Waals surface area contributed by atoms with Gasteiger partial charge in [-0.2, -0.15) is 0 Å². The van der Waals surface area contributed by atoms with Crippen molar-refractivity contribution in [3.8, 4) is 0 Å². The van der Waals surface area contributed by atoms with Crippen LogP contribution in [0.25, 0.3) is 0 Å². The molecular weight excluding hydrogens is 360 g/mol. The SMILES string of the molecule is CC(C)(CCC(C)(C)OO[Si](C)(C)C(C)(C)C)OO[Si](C)(C)C(C)(C)C. The summed E-state index contributed by atoms with van der Waals surface area (Å²) in [6.45, 7) is 30.4. The van der Waals surface area contributed by atoms with E-state index in [1.165, 1.54) is 0 Å². The van der Waals surface area contributed by atoms with Crippen molar-refractivity contribution in [3.63, 3.8) is 0 Å². The molecule has 0 bridgehead atoms. The van der Waals surface area contributed by atoms with Crippen LogP contribution in [0.15, 0.2) is 0 Å². The van der Waals surface area contributed by atoms with Gasteiger partial charge in [0.25, 0.3) is 0 Å². The minimum Gasteiger partial charge on any atom is -0.286 e. The molecule has 0 aromatic carbocycles. The van der Waals surface area contributed by atoms with Crippen LogP contribution in [0, 0.1) is 0 Å². The summed E-state index contributed by atoms with van der Waals surface area (Å²) in [5, 5.41) is 0.255. The van der Waals surface area contributed by atoms with Gasteiger partial charge in [0.1, 0.15) is 0 Å². The first-order chi connectivity index (χ1) is 11.1. The molecule has 0 heterocycles. The zero-order valence-corrected chi connectivity index (χ0v) is 22.0. The van der Waals surface area contributed by atoms with Crippen molar-refractivity contribution in [2.24, 2.45) is 0 Å². The maximum atomic E-state index is 5.96. The van der Waals surface area contributed by atoms with E-state index in [0.717, 1.165) is 12.8 Å². The fourth-order valence-corrected chi connectivity index (χ4v) is 2.74. The maximum absolute atomic E-state index is 5.96. The average molecular weight is 407 g/mol. The van der Waals surface area contributed by atoms with E-state index in [1.54, 1.807) is 0 Å². The van der Waals surface area contributed by atoms with Gasteiger partial charge in [-0.15, -0.1) is 0 Å². The standard InChI is InChI=1S/C20H46O4Si2/c1-17(2,3)25(11,12)23-21-19(7,8)15-16-20(9,10)22-24-26(13,14)18(4,5)6/h15-16H2,1-14H3. The van der Waals surface area contributed by atoms with Crippen molar-refractivity contribution in [2.45, 2.75) is 130 Å². The van der Waals surface area contributed by atoms with E-state index in [1.807, 2.05) is 0 Å². The molecule has 0 saturated carbocycles. The number of hydrogen-bond donors (Lipinski definition) is 0. The molecule has 0 unspecified atom stereocenters. The van der Waals surface area contributed by atoms with Gasteiger partial charge in [0.05, 0.1) is 11.2 Å². The van der Waals surface area contributed by atoms with Crippen LogP contribution < -0.4 is 0 Å². The summed E-state index contributed by atoms with van der Waals surface area (Å²) < 4.78 is 11.9. The Hall–Kier alpha value is 0.274. The topological polar surface area (TPSA) is 36.9 Å². The predicted molar refractivity (Wildman–Crippen MR) is 116 cm³/mol. The van der Waals surface area contributed by atoms with E-state index >= 15 is 0 Å². The van der Waals surface area contributed by atoms with Crippen LogP contribution in [0.1, 0.15) is 82.1 Å². The fraction of sp³-hybridized carbons (Fsp3) is 1.00. The predicted octanol–water partition coefficient (Wildman–Crippen LogP) is 7.23. The number of rotatable bonds is 9. The molecule has 0 fully saturated rings. The summed E-state index contributed by atoms with van der Waals surface area (Å²) >= 11 is 0. The van der Waals surface area contributed by atoms with Gasteiger partial charge >= 0.3 is 0 Å². The van der Waals surface area contributed by atoms with Crippen molar-refractivity contribution >= 4 is 16.6 Å². The molecule has 0 aliphatic rings. The van der Waals surface area contributed by atoms with Gasteiger partial charge in [-0.25, -0.2) is 9.78 Å². The first-order valence-corrected chi connectivity index (χ1v) is 15.7. The van der Waals surface area contributed by atoms with Gasteiger partial charge in [0, 0.05) is 0 Å². The van der Waals surface area contributed by atoms with Crippen molar-refractivity contribution in [2.75, 3.05) is 0 Å². The lowest BCUT2D eigenvalue weighted by atomic mass is 9.94. The Bertz CT molecular complexity index is 402. The second kappa shape index (κ2) is 8.33. The molecule has 158 valence electrons. The number of hydrogen-bond acceptors (Lipinski definition) is 4. The zero-order valence-electron chi connectivity index (χ0n) is 20.0. The van der Waals surface area contributed by atoms with E-state index < -0.39 is 16.6 Å². The molecule has 0 amide bonds. The first kappa shape index (κ1) is 26.3. The van der Waals surface area contributed by atoms with Crippen molar-refractivity contribution in [3.05, 3.63) is 0 Å². The molecule has 4 nitrogen and oxygen atoms in total.